The van der Waals surface area contributed by atoms with E-state index in [0.29, 0.717) is 17.2 Å². The summed E-state index contributed by atoms with van der Waals surface area (Å²) in [5.41, 5.74) is 7.54. The summed E-state index contributed by atoms with van der Waals surface area (Å²) in [6.45, 7) is 4.01. The van der Waals surface area contributed by atoms with Crippen molar-refractivity contribution in [3.8, 4) is 22.8 Å². The van der Waals surface area contributed by atoms with E-state index in [-0.39, 0.29) is 11.8 Å². The Morgan fingerprint density at radius 3 is 2.68 bits per heavy atom. The van der Waals surface area contributed by atoms with Crippen LogP contribution in [0.3, 0.4) is 0 Å². The third kappa shape index (κ3) is 4.06. The normalized spacial score (nSPS) is 16.7. The summed E-state index contributed by atoms with van der Waals surface area (Å²) in [5, 5.41) is 10.7. The molecular formula is C28H29N9O. The van der Waals surface area contributed by atoms with E-state index in [4.69, 9.17) is 9.97 Å². The Morgan fingerprint density at radius 1 is 1.00 bits per heavy atom. The second-order valence-electron chi connectivity index (χ2n) is 10.3. The van der Waals surface area contributed by atoms with Crippen LogP contribution in [0.15, 0.2) is 48.8 Å². The fourth-order valence-electron chi connectivity index (χ4n) is 5.22. The minimum Gasteiger partial charge on any atom is -0.367 e. The number of benzene rings is 1. The molecule has 5 heterocycles. The van der Waals surface area contributed by atoms with Crippen LogP contribution < -0.4 is 10.2 Å². The predicted molar refractivity (Wildman–Crippen MR) is 148 cm³/mol. The summed E-state index contributed by atoms with van der Waals surface area (Å²) < 4.78 is 0. The van der Waals surface area contributed by atoms with Gasteiger partial charge in [-0.2, -0.15) is 5.10 Å². The molecule has 1 amide bonds. The number of pyridine rings is 2. The number of hydrogen-bond donors (Lipinski definition) is 3. The molecule has 0 bridgehead atoms. The van der Waals surface area contributed by atoms with E-state index in [0.717, 1.165) is 84.5 Å². The van der Waals surface area contributed by atoms with Crippen LogP contribution in [0.1, 0.15) is 19.3 Å². The van der Waals surface area contributed by atoms with Gasteiger partial charge in [0.25, 0.3) is 0 Å². The van der Waals surface area contributed by atoms with Gasteiger partial charge in [0.05, 0.1) is 34.3 Å². The lowest BCUT2D eigenvalue weighted by atomic mass is 9.85. The van der Waals surface area contributed by atoms with Gasteiger partial charge in [-0.05, 0) is 50.2 Å². The molecule has 5 aromatic rings. The smallest absolute Gasteiger partial charge is 0.227 e. The number of nitrogens with zero attached hydrogens (tertiary/aromatic N) is 6. The topological polar surface area (TPSA) is 119 Å². The quantitative estimate of drug-likeness (QED) is 0.328. The van der Waals surface area contributed by atoms with Crippen molar-refractivity contribution in [1.82, 2.24) is 35.0 Å². The van der Waals surface area contributed by atoms with E-state index in [1.54, 1.807) is 12.4 Å². The van der Waals surface area contributed by atoms with Crippen molar-refractivity contribution >= 4 is 39.3 Å². The van der Waals surface area contributed by atoms with Crippen molar-refractivity contribution in [2.75, 3.05) is 43.4 Å². The number of aromatic amines is 2. The Kier molecular flexibility index (Phi) is 5.54. The summed E-state index contributed by atoms with van der Waals surface area (Å²) in [7, 11) is 2.16. The van der Waals surface area contributed by atoms with E-state index in [9.17, 15) is 4.79 Å². The van der Waals surface area contributed by atoms with Gasteiger partial charge in [-0.15, -0.1) is 0 Å². The number of likely N-dealkylation sites (N-methyl/N-ethyl adjacent to an activating group) is 1. The molecule has 7 rings (SSSR count). The zero-order chi connectivity index (χ0) is 25.6. The van der Waals surface area contributed by atoms with E-state index in [1.165, 1.54) is 0 Å². The lowest BCUT2D eigenvalue weighted by Crippen LogP contribution is -2.44. The highest BCUT2D eigenvalue weighted by Gasteiger charge is 2.25. The zero-order valence-electron chi connectivity index (χ0n) is 21.2. The monoisotopic (exact) mass is 507 g/mol. The molecule has 1 aliphatic heterocycles. The number of carbonyl (C=O) groups is 1. The third-order valence-electron chi connectivity index (χ3n) is 7.74. The van der Waals surface area contributed by atoms with Gasteiger partial charge in [-0.25, -0.2) is 9.97 Å². The van der Waals surface area contributed by atoms with Gasteiger partial charge in [-0.1, -0.05) is 12.5 Å². The molecule has 1 saturated carbocycles. The van der Waals surface area contributed by atoms with Crippen LogP contribution in [-0.4, -0.2) is 74.2 Å². The maximum atomic E-state index is 12.4. The van der Waals surface area contributed by atoms with Gasteiger partial charge in [-0.3, -0.25) is 14.9 Å². The van der Waals surface area contributed by atoms with Crippen molar-refractivity contribution < 1.29 is 4.79 Å². The summed E-state index contributed by atoms with van der Waals surface area (Å²) in [6.07, 6.45) is 6.47. The van der Waals surface area contributed by atoms with Crippen molar-refractivity contribution in [2.24, 2.45) is 5.92 Å². The first-order valence-electron chi connectivity index (χ1n) is 13.2. The Hall–Kier alpha value is -4.31. The van der Waals surface area contributed by atoms with Crippen LogP contribution in [0, 0.1) is 5.92 Å². The molecule has 1 aromatic carbocycles. The Morgan fingerprint density at radius 2 is 1.87 bits per heavy atom. The minimum absolute atomic E-state index is 0.0663. The number of aromatic nitrogens is 6. The number of carbonyl (C=O) groups excluding carboxylic acids is 1. The number of hydrogen-bond acceptors (Lipinski definition) is 7. The van der Waals surface area contributed by atoms with Crippen molar-refractivity contribution in [3.63, 3.8) is 0 Å². The SMILES string of the molecule is CN1CCN(c2cccc3[nH]c(-c4n[nH]c5ccc(-c6cncc(NC(=O)C7CCC7)c6)nc45)nc23)CC1. The molecule has 10 heteroatoms. The standard InChI is InChI=1S/C28H29N9O/c1-36-10-12-37(13-11-36)23-7-3-6-21-24(23)33-27(32-21)26-25-22(34-35-26)9-8-20(31-25)18-14-19(16-29-15-18)30-28(38)17-4-2-5-17/h3,6-9,14-17H,2,4-5,10-13H2,1H3,(H,30,38)(H,32,33)(H,34,35). The first-order valence-corrected chi connectivity index (χ1v) is 13.2. The molecule has 10 nitrogen and oxygen atoms in total. The van der Waals surface area contributed by atoms with Gasteiger partial charge >= 0.3 is 0 Å². The Labute approximate surface area is 219 Å². The molecule has 0 spiro atoms. The highest BCUT2D eigenvalue weighted by molar-refractivity contribution is 5.96. The maximum absolute atomic E-state index is 12.4. The molecule has 3 N–H and O–H groups in total. The number of para-hydroxylation sites is 1. The molecule has 2 aliphatic rings. The van der Waals surface area contributed by atoms with Crippen LogP contribution in [0.25, 0.3) is 44.8 Å². The number of rotatable bonds is 5. The lowest BCUT2D eigenvalue weighted by molar-refractivity contribution is -0.122. The second-order valence-corrected chi connectivity index (χ2v) is 10.3. The van der Waals surface area contributed by atoms with Crippen molar-refractivity contribution in [2.45, 2.75) is 19.3 Å². The number of anilines is 2. The van der Waals surface area contributed by atoms with Crippen LogP contribution in [0.2, 0.25) is 0 Å². The number of fused-ring (bicyclic) bond motifs is 2. The maximum Gasteiger partial charge on any atom is 0.227 e. The molecule has 1 aliphatic carbocycles. The molecule has 0 unspecified atom stereocenters. The fraction of sp³-hybridized carbons (Fsp3) is 0.321. The van der Waals surface area contributed by atoms with E-state index in [2.05, 4.69) is 54.5 Å². The first kappa shape index (κ1) is 22.9. The Balaban J connectivity index is 1.22. The summed E-state index contributed by atoms with van der Waals surface area (Å²) >= 11 is 0. The van der Waals surface area contributed by atoms with E-state index in [1.807, 2.05) is 24.3 Å². The minimum atomic E-state index is 0.0663. The number of piperazine rings is 1. The fourth-order valence-corrected chi connectivity index (χ4v) is 5.22. The zero-order valence-corrected chi connectivity index (χ0v) is 21.2. The van der Waals surface area contributed by atoms with Crippen molar-refractivity contribution in [3.05, 3.63) is 48.8 Å². The molecule has 0 atom stereocenters. The average molecular weight is 508 g/mol. The van der Waals surface area contributed by atoms with Gasteiger partial charge < -0.3 is 20.1 Å². The number of imidazole rings is 1. The van der Waals surface area contributed by atoms with Gasteiger partial charge in [0.1, 0.15) is 11.0 Å². The summed E-state index contributed by atoms with van der Waals surface area (Å²) in [4.78, 5) is 34.9. The van der Waals surface area contributed by atoms with Crippen LogP contribution >= 0.6 is 0 Å². The van der Waals surface area contributed by atoms with Gasteiger partial charge in [0.15, 0.2) is 11.5 Å². The number of amides is 1. The average Bonchev–Trinajstić information content (AvgIpc) is 3.52. The molecule has 0 radical (unpaired) electrons. The molecule has 4 aromatic heterocycles. The number of nitrogens with one attached hydrogen (secondary N) is 3. The summed E-state index contributed by atoms with van der Waals surface area (Å²) in [6, 6.07) is 12.1. The van der Waals surface area contributed by atoms with Crippen LogP contribution in [-0.2, 0) is 4.79 Å². The lowest BCUT2D eigenvalue weighted by Gasteiger charge is -2.34. The first-order chi connectivity index (χ1) is 18.6. The Bertz CT molecular complexity index is 1640. The number of H-pyrrole nitrogens is 2. The van der Waals surface area contributed by atoms with E-state index < -0.39 is 0 Å². The molecule has 192 valence electrons. The molecular weight excluding hydrogens is 478 g/mol. The van der Waals surface area contributed by atoms with E-state index >= 15 is 0 Å². The van der Waals surface area contributed by atoms with Crippen LogP contribution in [0.5, 0.6) is 0 Å². The molecule has 1 saturated heterocycles. The third-order valence-corrected chi connectivity index (χ3v) is 7.74. The largest absolute Gasteiger partial charge is 0.367 e. The van der Waals surface area contributed by atoms with Crippen LogP contribution in [0.4, 0.5) is 11.4 Å². The highest BCUT2D eigenvalue weighted by Crippen LogP contribution is 2.32. The summed E-state index contributed by atoms with van der Waals surface area (Å²) in [5.74, 6) is 0.857. The van der Waals surface area contributed by atoms with Gasteiger partial charge in [0, 0.05) is 43.9 Å². The van der Waals surface area contributed by atoms with Crippen molar-refractivity contribution in [1.29, 1.82) is 0 Å². The van der Waals surface area contributed by atoms with Gasteiger partial charge in [0.2, 0.25) is 5.91 Å². The predicted octanol–water partition coefficient (Wildman–Crippen LogP) is 4.05. The highest BCUT2D eigenvalue weighted by atomic mass is 16.1. The molecule has 38 heavy (non-hydrogen) atoms. The second kappa shape index (κ2) is 9.21. The molecule has 2 fully saturated rings.